The van der Waals surface area contributed by atoms with E-state index in [4.69, 9.17) is 5.73 Å². The standard InChI is InChI=1S/C16H29N3S/c1-3-13(2)19-10-9-15(18-19)11-14(17)12-20-16-7-5-4-6-8-16/h9-10,13-14,16H,3-8,11-12,17H2,1-2H3. The molecule has 1 fully saturated rings. The summed E-state index contributed by atoms with van der Waals surface area (Å²) < 4.78 is 2.07. The van der Waals surface area contributed by atoms with Gasteiger partial charge in [0, 0.05) is 35.7 Å². The third kappa shape index (κ3) is 4.81. The molecule has 0 radical (unpaired) electrons. The van der Waals surface area contributed by atoms with Crippen LogP contribution in [-0.2, 0) is 6.42 Å². The lowest BCUT2D eigenvalue weighted by Gasteiger charge is -2.22. The van der Waals surface area contributed by atoms with Gasteiger partial charge in [0.1, 0.15) is 0 Å². The van der Waals surface area contributed by atoms with Crippen LogP contribution < -0.4 is 5.73 Å². The number of nitrogens with zero attached hydrogens (tertiary/aromatic N) is 2. The van der Waals surface area contributed by atoms with Crippen LogP contribution in [0.5, 0.6) is 0 Å². The van der Waals surface area contributed by atoms with Crippen molar-refractivity contribution in [2.45, 2.75) is 76.1 Å². The van der Waals surface area contributed by atoms with E-state index in [9.17, 15) is 0 Å². The molecule has 3 nitrogen and oxygen atoms in total. The molecule has 1 saturated carbocycles. The highest BCUT2D eigenvalue weighted by atomic mass is 32.2. The van der Waals surface area contributed by atoms with E-state index in [1.54, 1.807) is 0 Å². The fourth-order valence-electron chi connectivity index (χ4n) is 2.74. The molecule has 0 aromatic carbocycles. The average molecular weight is 295 g/mol. The molecule has 4 heteroatoms. The van der Waals surface area contributed by atoms with Gasteiger partial charge in [0.2, 0.25) is 0 Å². The Kier molecular flexibility index (Phi) is 6.43. The molecule has 2 N–H and O–H groups in total. The van der Waals surface area contributed by atoms with Crippen LogP contribution >= 0.6 is 11.8 Å². The second-order valence-corrected chi connectivity index (χ2v) is 7.44. The second-order valence-electron chi connectivity index (χ2n) is 6.10. The van der Waals surface area contributed by atoms with Gasteiger partial charge in [-0.05, 0) is 32.3 Å². The van der Waals surface area contributed by atoms with Gasteiger partial charge in [0.05, 0.1) is 5.69 Å². The summed E-state index contributed by atoms with van der Waals surface area (Å²) in [4.78, 5) is 0. The van der Waals surface area contributed by atoms with E-state index in [0.717, 1.165) is 29.5 Å². The first kappa shape index (κ1) is 15.9. The Hall–Kier alpha value is -0.480. The molecule has 1 aromatic heterocycles. The molecule has 1 aromatic rings. The van der Waals surface area contributed by atoms with Crippen LogP contribution in [-0.4, -0.2) is 26.8 Å². The van der Waals surface area contributed by atoms with Crippen LogP contribution in [0.2, 0.25) is 0 Å². The number of aromatic nitrogens is 2. The SMILES string of the molecule is CCC(C)n1ccc(CC(N)CSC2CCCCC2)n1. The second kappa shape index (κ2) is 8.08. The molecule has 2 rings (SSSR count). The van der Waals surface area contributed by atoms with Crippen molar-refractivity contribution in [2.75, 3.05) is 5.75 Å². The Morgan fingerprint density at radius 2 is 2.15 bits per heavy atom. The average Bonchev–Trinajstić information content (AvgIpc) is 2.94. The molecule has 20 heavy (non-hydrogen) atoms. The molecule has 0 amide bonds. The van der Waals surface area contributed by atoms with Gasteiger partial charge in [-0.1, -0.05) is 26.2 Å². The summed E-state index contributed by atoms with van der Waals surface area (Å²) in [6, 6.07) is 2.84. The smallest absolute Gasteiger partial charge is 0.0640 e. The van der Waals surface area contributed by atoms with Crippen molar-refractivity contribution >= 4 is 11.8 Å². The normalized spacial score (nSPS) is 19.9. The molecule has 0 aliphatic heterocycles. The molecule has 0 saturated heterocycles. The molecule has 2 unspecified atom stereocenters. The minimum Gasteiger partial charge on any atom is -0.327 e. The first-order valence-electron chi connectivity index (χ1n) is 8.10. The van der Waals surface area contributed by atoms with Crippen LogP contribution in [0.3, 0.4) is 0 Å². The summed E-state index contributed by atoms with van der Waals surface area (Å²) in [7, 11) is 0. The molecule has 0 spiro atoms. The van der Waals surface area contributed by atoms with Gasteiger partial charge in [-0.2, -0.15) is 16.9 Å². The van der Waals surface area contributed by atoms with Gasteiger partial charge in [-0.3, -0.25) is 4.68 Å². The van der Waals surface area contributed by atoms with Crippen LogP contribution in [0.25, 0.3) is 0 Å². The Morgan fingerprint density at radius 1 is 1.40 bits per heavy atom. The van der Waals surface area contributed by atoms with E-state index in [2.05, 4.69) is 47.7 Å². The van der Waals surface area contributed by atoms with Gasteiger partial charge in [-0.25, -0.2) is 0 Å². The zero-order chi connectivity index (χ0) is 14.4. The van der Waals surface area contributed by atoms with E-state index >= 15 is 0 Å². The van der Waals surface area contributed by atoms with Gasteiger partial charge in [0.25, 0.3) is 0 Å². The first-order chi connectivity index (χ1) is 9.69. The Bertz CT molecular complexity index is 385. The van der Waals surface area contributed by atoms with Crippen molar-refractivity contribution in [3.05, 3.63) is 18.0 Å². The predicted molar refractivity (Wildman–Crippen MR) is 88.2 cm³/mol. The lowest BCUT2D eigenvalue weighted by atomic mass is 10.0. The highest BCUT2D eigenvalue weighted by molar-refractivity contribution is 7.99. The number of nitrogens with two attached hydrogens (primary N) is 1. The Balaban J connectivity index is 1.73. The molecule has 1 aliphatic carbocycles. The number of hydrogen-bond acceptors (Lipinski definition) is 3. The third-order valence-electron chi connectivity index (χ3n) is 4.28. The van der Waals surface area contributed by atoms with Gasteiger partial charge in [-0.15, -0.1) is 0 Å². The van der Waals surface area contributed by atoms with Gasteiger partial charge in [0.15, 0.2) is 0 Å². The van der Waals surface area contributed by atoms with Crippen molar-refractivity contribution in [3.8, 4) is 0 Å². The topological polar surface area (TPSA) is 43.8 Å². The van der Waals surface area contributed by atoms with Crippen molar-refractivity contribution in [2.24, 2.45) is 5.73 Å². The maximum atomic E-state index is 6.27. The van der Waals surface area contributed by atoms with Crippen molar-refractivity contribution < 1.29 is 0 Å². The zero-order valence-corrected chi connectivity index (χ0v) is 13.7. The fraction of sp³-hybridized carbons (Fsp3) is 0.812. The third-order valence-corrected chi connectivity index (χ3v) is 5.84. The minimum atomic E-state index is 0.238. The fourth-order valence-corrected chi connectivity index (χ4v) is 4.04. The lowest BCUT2D eigenvalue weighted by Crippen LogP contribution is -2.27. The van der Waals surface area contributed by atoms with Crippen molar-refractivity contribution in [1.82, 2.24) is 9.78 Å². The summed E-state index contributed by atoms with van der Waals surface area (Å²) in [6.07, 6.45) is 11.1. The number of hydrogen-bond donors (Lipinski definition) is 1. The predicted octanol–water partition coefficient (Wildman–Crippen LogP) is 3.79. The summed E-state index contributed by atoms with van der Waals surface area (Å²) in [5.41, 5.74) is 7.41. The molecule has 0 bridgehead atoms. The van der Waals surface area contributed by atoms with Crippen molar-refractivity contribution in [1.29, 1.82) is 0 Å². The van der Waals surface area contributed by atoms with E-state index in [1.165, 1.54) is 32.1 Å². The molecule has 1 heterocycles. The molecule has 114 valence electrons. The zero-order valence-electron chi connectivity index (χ0n) is 12.9. The number of rotatable bonds is 7. The van der Waals surface area contributed by atoms with E-state index in [-0.39, 0.29) is 6.04 Å². The van der Waals surface area contributed by atoms with E-state index in [0.29, 0.717) is 6.04 Å². The summed E-state index contributed by atoms with van der Waals surface area (Å²) in [5, 5.41) is 5.50. The molecule has 2 atom stereocenters. The number of thioether (sulfide) groups is 1. The summed E-state index contributed by atoms with van der Waals surface area (Å²) in [6.45, 7) is 4.40. The van der Waals surface area contributed by atoms with E-state index < -0.39 is 0 Å². The van der Waals surface area contributed by atoms with Crippen LogP contribution in [0, 0.1) is 0 Å². The highest BCUT2D eigenvalue weighted by Gasteiger charge is 2.16. The summed E-state index contributed by atoms with van der Waals surface area (Å²) in [5.74, 6) is 1.07. The maximum absolute atomic E-state index is 6.27. The molecule has 1 aliphatic rings. The van der Waals surface area contributed by atoms with Gasteiger partial charge >= 0.3 is 0 Å². The van der Waals surface area contributed by atoms with Crippen LogP contribution in [0.15, 0.2) is 12.3 Å². The monoisotopic (exact) mass is 295 g/mol. The van der Waals surface area contributed by atoms with Crippen molar-refractivity contribution in [3.63, 3.8) is 0 Å². The maximum Gasteiger partial charge on any atom is 0.0640 e. The van der Waals surface area contributed by atoms with E-state index in [1.807, 2.05) is 0 Å². The summed E-state index contributed by atoms with van der Waals surface area (Å²) >= 11 is 2.08. The quantitative estimate of drug-likeness (QED) is 0.832. The van der Waals surface area contributed by atoms with Crippen LogP contribution in [0.1, 0.15) is 64.1 Å². The lowest BCUT2D eigenvalue weighted by molar-refractivity contribution is 0.472. The largest absolute Gasteiger partial charge is 0.327 e. The Labute approximate surface area is 127 Å². The highest BCUT2D eigenvalue weighted by Crippen LogP contribution is 2.28. The first-order valence-corrected chi connectivity index (χ1v) is 9.15. The minimum absolute atomic E-state index is 0.238. The van der Waals surface area contributed by atoms with Crippen LogP contribution in [0.4, 0.5) is 0 Å². The Morgan fingerprint density at radius 3 is 2.85 bits per heavy atom. The molecular weight excluding hydrogens is 266 g/mol. The molecular formula is C16H29N3S. The van der Waals surface area contributed by atoms with Gasteiger partial charge < -0.3 is 5.73 Å².